The van der Waals surface area contributed by atoms with Crippen molar-refractivity contribution in [2.45, 2.75) is 6.42 Å². The molecule has 0 saturated heterocycles. The lowest BCUT2D eigenvalue weighted by molar-refractivity contribution is 0.330. The van der Waals surface area contributed by atoms with Crippen molar-refractivity contribution in [1.82, 2.24) is 4.98 Å². The number of para-hydroxylation sites is 1. The highest BCUT2D eigenvalue weighted by atomic mass is 16.5. The second-order valence-electron chi connectivity index (χ2n) is 3.13. The first kappa shape index (κ1) is 9.54. The molecule has 2 aromatic rings. The zero-order valence-electron chi connectivity index (χ0n) is 8.31. The van der Waals surface area contributed by atoms with Crippen molar-refractivity contribution >= 4 is 10.9 Å². The lowest BCUT2D eigenvalue weighted by Gasteiger charge is -2.06. The summed E-state index contributed by atoms with van der Waals surface area (Å²) in [5.41, 5.74) is 0.886. The monoisotopic (exact) mass is 197 g/mol. The third-order valence-corrected chi connectivity index (χ3v) is 2.10. The van der Waals surface area contributed by atoms with Gasteiger partial charge in [-0.1, -0.05) is 18.2 Å². The third kappa shape index (κ3) is 2.08. The van der Waals surface area contributed by atoms with Crippen LogP contribution in [0.5, 0.6) is 5.75 Å². The van der Waals surface area contributed by atoms with E-state index in [-0.39, 0.29) is 0 Å². The fraction of sp³-hybridized carbons (Fsp3) is 0.154. The van der Waals surface area contributed by atoms with Crippen molar-refractivity contribution < 1.29 is 4.74 Å². The summed E-state index contributed by atoms with van der Waals surface area (Å²) in [7, 11) is 0. The summed E-state index contributed by atoms with van der Waals surface area (Å²) in [5.74, 6) is 3.34. The quantitative estimate of drug-likeness (QED) is 0.557. The van der Waals surface area contributed by atoms with Gasteiger partial charge in [-0.3, -0.25) is 4.98 Å². The van der Waals surface area contributed by atoms with Gasteiger partial charge in [0.05, 0.1) is 6.61 Å². The molecule has 1 aromatic carbocycles. The Balaban J connectivity index is 2.31. The van der Waals surface area contributed by atoms with Crippen LogP contribution in [0.4, 0.5) is 0 Å². The lowest BCUT2D eigenvalue weighted by atomic mass is 10.2. The summed E-state index contributed by atoms with van der Waals surface area (Å²) in [6.07, 6.45) is 7.53. The molecule has 1 heterocycles. The fourth-order valence-electron chi connectivity index (χ4n) is 1.41. The predicted octanol–water partition coefficient (Wildman–Crippen LogP) is 2.64. The van der Waals surface area contributed by atoms with E-state index in [9.17, 15) is 0 Å². The average Bonchev–Trinajstić information content (AvgIpc) is 2.30. The Morgan fingerprint density at radius 2 is 2.13 bits per heavy atom. The smallest absolute Gasteiger partial charge is 0.145 e. The lowest BCUT2D eigenvalue weighted by Crippen LogP contribution is -1.96. The molecule has 0 atom stereocenters. The third-order valence-electron chi connectivity index (χ3n) is 2.10. The SMILES string of the molecule is C#CCCOc1cccc2cccnc12. The summed E-state index contributed by atoms with van der Waals surface area (Å²) >= 11 is 0. The van der Waals surface area contributed by atoms with Crippen molar-refractivity contribution in [3.63, 3.8) is 0 Å². The van der Waals surface area contributed by atoms with E-state index in [1.807, 2.05) is 30.3 Å². The second kappa shape index (κ2) is 4.47. The van der Waals surface area contributed by atoms with Crippen LogP contribution in [0.15, 0.2) is 36.5 Å². The fourth-order valence-corrected chi connectivity index (χ4v) is 1.41. The number of fused-ring (bicyclic) bond motifs is 1. The molecule has 74 valence electrons. The zero-order valence-corrected chi connectivity index (χ0v) is 8.31. The molecule has 0 N–H and O–H groups in total. The Labute approximate surface area is 88.9 Å². The van der Waals surface area contributed by atoms with Crippen LogP contribution in [0.3, 0.4) is 0 Å². The number of terminal acetylenes is 1. The van der Waals surface area contributed by atoms with Crippen molar-refractivity contribution in [2.75, 3.05) is 6.61 Å². The minimum Gasteiger partial charge on any atom is -0.490 e. The molecule has 2 nitrogen and oxygen atoms in total. The van der Waals surface area contributed by atoms with Gasteiger partial charge in [0.15, 0.2) is 0 Å². The van der Waals surface area contributed by atoms with Crippen LogP contribution in [-0.2, 0) is 0 Å². The van der Waals surface area contributed by atoms with Gasteiger partial charge in [-0.2, -0.15) is 0 Å². The van der Waals surface area contributed by atoms with E-state index < -0.39 is 0 Å². The number of pyridine rings is 1. The van der Waals surface area contributed by atoms with Crippen molar-refractivity contribution in [2.24, 2.45) is 0 Å². The van der Waals surface area contributed by atoms with Crippen LogP contribution in [0, 0.1) is 12.3 Å². The van der Waals surface area contributed by atoms with Gasteiger partial charge in [-0.25, -0.2) is 0 Å². The summed E-state index contributed by atoms with van der Waals surface area (Å²) in [5, 5.41) is 1.08. The van der Waals surface area contributed by atoms with E-state index in [1.54, 1.807) is 6.20 Å². The molecule has 1 aromatic heterocycles. The molecule has 2 rings (SSSR count). The molecule has 0 unspecified atom stereocenters. The van der Waals surface area contributed by atoms with E-state index in [0.717, 1.165) is 16.7 Å². The van der Waals surface area contributed by atoms with E-state index in [2.05, 4.69) is 10.9 Å². The molecule has 0 aliphatic carbocycles. The van der Waals surface area contributed by atoms with Gasteiger partial charge in [-0.05, 0) is 12.1 Å². The molecule has 2 heteroatoms. The van der Waals surface area contributed by atoms with Gasteiger partial charge in [0.2, 0.25) is 0 Å². The summed E-state index contributed by atoms with van der Waals surface area (Å²) in [6.45, 7) is 0.534. The van der Waals surface area contributed by atoms with Crippen LogP contribution < -0.4 is 4.74 Å². The second-order valence-corrected chi connectivity index (χ2v) is 3.13. The first-order chi connectivity index (χ1) is 7.42. The minimum atomic E-state index is 0.534. The molecule has 0 fully saturated rings. The number of rotatable bonds is 3. The normalized spacial score (nSPS) is 9.80. The number of nitrogens with zero attached hydrogens (tertiary/aromatic N) is 1. The van der Waals surface area contributed by atoms with Gasteiger partial charge in [0, 0.05) is 18.0 Å². The maximum atomic E-state index is 5.55. The van der Waals surface area contributed by atoms with Crippen LogP contribution in [-0.4, -0.2) is 11.6 Å². The molecule has 0 aliphatic heterocycles. The van der Waals surface area contributed by atoms with E-state index in [4.69, 9.17) is 11.2 Å². The van der Waals surface area contributed by atoms with E-state index in [1.165, 1.54) is 0 Å². The van der Waals surface area contributed by atoms with Crippen LogP contribution in [0.25, 0.3) is 10.9 Å². The minimum absolute atomic E-state index is 0.534. The van der Waals surface area contributed by atoms with Crippen molar-refractivity contribution in [3.05, 3.63) is 36.5 Å². The Morgan fingerprint density at radius 1 is 1.27 bits per heavy atom. The number of aromatic nitrogens is 1. The molecule has 0 radical (unpaired) electrons. The zero-order chi connectivity index (χ0) is 10.5. The molecule has 0 spiro atoms. The van der Waals surface area contributed by atoms with Gasteiger partial charge in [-0.15, -0.1) is 12.3 Å². The molecule has 0 saturated carbocycles. The maximum absolute atomic E-state index is 5.55. The summed E-state index contributed by atoms with van der Waals surface area (Å²) < 4.78 is 5.55. The topological polar surface area (TPSA) is 22.1 Å². The van der Waals surface area contributed by atoms with Crippen molar-refractivity contribution in [1.29, 1.82) is 0 Å². The first-order valence-corrected chi connectivity index (χ1v) is 4.82. The largest absolute Gasteiger partial charge is 0.490 e. The maximum Gasteiger partial charge on any atom is 0.145 e. The molecular weight excluding hydrogens is 186 g/mol. The van der Waals surface area contributed by atoms with Crippen LogP contribution in [0.1, 0.15) is 6.42 Å². The van der Waals surface area contributed by atoms with E-state index >= 15 is 0 Å². The van der Waals surface area contributed by atoms with Gasteiger partial charge in [0.25, 0.3) is 0 Å². The number of hydrogen-bond acceptors (Lipinski definition) is 2. The van der Waals surface area contributed by atoms with Gasteiger partial charge >= 0.3 is 0 Å². The van der Waals surface area contributed by atoms with Crippen LogP contribution in [0.2, 0.25) is 0 Å². The molecular formula is C13H11NO. The van der Waals surface area contributed by atoms with Crippen molar-refractivity contribution in [3.8, 4) is 18.1 Å². The summed E-state index contributed by atoms with van der Waals surface area (Å²) in [6, 6.07) is 9.79. The molecule has 15 heavy (non-hydrogen) atoms. The Morgan fingerprint density at radius 3 is 3.00 bits per heavy atom. The molecule has 0 bridgehead atoms. The molecule has 0 amide bonds. The van der Waals surface area contributed by atoms with Gasteiger partial charge in [0.1, 0.15) is 11.3 Å². The number of hydrogen-bond donors (Lipinski definition) is 0. The van der Waals surface area contributed by atoms with Crippen LogP contribution >= 0.6 is 0 Å². The van der Waals surface area contributed by atoms with Gasteiger partial charge < -0.3 is 4.74 Å². The Hall–Kier alpha value is -2.01. The summed E-state index contributed by atoms with van der Waals surface area (Å²) in [4.78, 5) is 4.28. The first-order valence-electron chi connectivity index (χ1n) is 4.82. The highest BCUT2D eigenvalue weighted by molar-refractivity contribution is 5.84. The standard InChI is InChI=1S/C13H11NO/c1-2-3-10-15-12-8-4-6-11-7-5-9-14-13(11)12/h1,4-9H,3,10H2. The Bertz CT molecular complexity index is 494. The highest BCUT2D eigenvalue weighted by Crippen LogP contribution is 2.22. The van der Waals surface area contributed by atoms with E-state index in [0.29, 0.717) is 13.0 Å². The Kier molecular flexibility index (Phi) is 2.85. The predicted molar refractivity (Wildman–Crippen MR) is 60.7 cm³/mol. The number of benzene rings is 1. The highest BCUT2D eigenvalue weighted by Gasteiger charge is 2.01. The average molecular weight is 197 g/mol. The molecule has 0 aliphatic rings. The number of ether oxygens (including phenoxy) is 1.